The summed E-state index contributed by atoms with van der Waals surface area (Å²) in [5, 5.41) is 7.94. The fourth-order valence-electron chi connectivity index (χ4n) is 4.48. The standard InChI is InChI=1S/C27H28N4O2/c32-27(28-18-24(25-14-9-17-33-25)30-15-7-8-16-30)23-20-31(19-21-10-3-1-4-11-21)29-26(23)22-12-5-2-6-13-22/h1-6,9-14,17,20,24H,7-8,15-16,18-19H2,(H,28,32)/t24-/m0/s1. The molecule has 1 saturated heterocycles. The van der Waals surface area contributed by atoms with Crippen LogP contribution in [-0.4, -0.2) is 40.2 Å². The molecule has 3 heterocycles. The van der Waals surface area contributed by atoms with E-state index in [-0.39, 0.29) is 11.9 Å². The van der Waals surface area contributed by atoms with Crippen LogP contribution >= 0.6 is 0 Å². The number of furan rings is 1. The maximum absolute atomic E-state index is 13.4. The Morgan fingerprint density at radius 3 is 2.39 bits per heavy atom. The molecule has 1 atom stereocenters. The van der Waals surface area contributed by atoms with Gasteiger partial charge in [0.05, 0.1) is 24.4 Å². The Hall–Kier alpha value is -3.64. The molecule has 168 valence electrons. The van der Waals surface area contributed by atoms with Crippen molar-refractivity contribution >= 4 is 5.91 Å². The lowest BCUT2D eigenvalue weighted by molar-refractivity contribution is 0.0934. The SMILES string of the molecule is O=C(NC[C@@H](c1ccco1)N1CCCC1)c1cn(Cc2ccccc2)nc1-c1ccccc1. The van der Waals surface area contributed by atoms with Crippen LogP contribution in [-0.2, 0) is 6.54 Å². The zero-order valence-electron chi connectivity index (χ0n) is 18.6. The first-order valence-corrected chi connectivity index (χ1v) is 11.5. The second-order valence-corrected chi connectivity index (χ2v) is 8.42. The van der Waals surface area contributed by atoms with E-state index >= 15 is 0 Å². The maximum Gasteiger partial charge on any atom is 0.255 e. The Morgan fingerprint density at radius 2 is 1.70 bits per heavy atom. The molecule has 1 amide bonds. The predicted molar refractivity (Wildman–Crippen MR) is 128 cm³/mol. The summed E-state index contributed by atoms with van der Waals surface area (Å²) in [6.07, 6.45) is 5.90. The summed E-state index contributed by atoms with van der Waals surface area (Å²) >= 11 is 0. The van der Waals surface area contributed by atoms with Crippen molar-refractivity contribution in [2.45, 2.75) is 25.4 Å². The van der Waals surface area contributed by atoms with Crippen molar-refractivity contribution in [2.75, 3.05) is 19.6 Å². The van der Waals surface area contributed by atoms with Crippen molar-refractivity contribution in [2.24, 2.45) is 0 Å². The maximum atomic E-state index is 13.4. The summed E-state index contributed by atoms with van der Waals surface area (Å²) in [5.41, 5.74) is 3.34. The van der Waals surface area contributed by atoms with Gasteiger partial charge in [0.25, 0.3) is 5.91 Å². The molecule has 0 radical (unpaired) electrons. The van der Waals surface area contributed by atoms with Crippen LogP contribution in [0.4, 0.5) is 0 Å². The van der Waals surface area contributed by atoms with Gasteiger partial charge in [0, 0.05) is 18.3 Å². The smallest absolute Gasteiger partial charge is 0.255 e. The largest absolute Gasteiger partial charge is 0.468 e. The molecule has 1 fully saturated rings. The number of likely N-dealkylation sites (tertiary alicyclic amines) is 1. The number of nitrogens with zero attached hydrogens (tertiary/aromatic N) is 3. The molecule has 5 rings (SSSR count). The van der Waals surface area contributed by atoms with Gasteiger partial charge in [-0.25, -0.2) is 0 Å². The molecule has 0 saturated carbocycles. The van der Waals surface area contributed by atoms with Gasteiger partial charge in [-0.2, -0.15) is 5.10 Å². The fraction of sp³-hybridized carbons (Fsp3) is 0.259. The Kier molecular flexibility index (Phi) is 6.35. The summed E-state index contributed by atoms with van der Waals surface area (Å²) in [7, 11) is 0. The van der Waals surface area contributed by atoms with Crippen LogP contribution in [0.3, 0.4) is 0 Å². The molecule has 33 heavy (non-hydrogen) atoms. The van der Waals surface area contributed by atoms with Gasteiger partial charge < -0.3 is 9.73 Å². The van der Waals surface area contributed by atoms with E-state index in [9.17, 15) is 4.79 Å². The monoisotopic (exact) mass is 440 g/mol. The van der Waals surface area contributed by atoms with Gasteiger partial charge in [-0.3, -0.25) is 14.4 Å². The zero-order valence-corrected chi connectivity index (χ0v) is 18.6. The van der Waals surface area contributed by atoms with E-state index in [4.69, 9.17) is 9.52 Å². The Labute approximate surface area is 193 Å². The van der Waals surface area contributed by atoms with Crippen molar-refractivity contribution in [3.63, 3.8) is 0 Å². The first kappa shape index (κ1) is 21.2. The second kappa shape index (κ2) is 9.88. The van der Waals surface area contributed by atoms with Gasteiger partial charge in [0.15, 0.2) is 0 Å². The Bertz CT molecular complexity index is 1160. The topological polar surface area (TPSA) is 63.3 Å². The number of benzene rings is 2. The van der Waals surface area contributed by atoms with Crippen molar-refractivity contribution < 1.29 is 9.21 Å². The van der Waals surface area contributed by atoms with Crippen LogP contribution in [0.15, 0.2) is 89.7 Å². The number of nitrogens with one attached hydrogen (secondary N) is 1. The third kappa shape index (κ3) is 4.91. The molecule has 0 unspecified atom stereocenters. The lowest BCUT2D eigenvalue weighted by Gasteiger charge is -2.26. The number of hydrogen-bond donors (Lipinski definition) is 1. The third-order valence-electron chi connectivity index (χ3n) is 6.15. The molecule has 2 aromatic heterocycles. The molecule has 4 aromatic rings. The molecule has 0 aliphatic carbocycles. The quantitative estimate of drug-likeness (QED) is 0.429. The predicted octanol–water partition coefficient (Wildman–Crippen LogP) is 4.76. The first-order valence-electron chi connectivity index (χ1n) is 11.5. The van der Waals surface area contributed by atoms with Gasteiger partial charge >= 0.3 is 0 Å². The fourth-order valence-corrected chi connectivity index (χ4v) is 4.48. The number of hydrogen-bond acceptors (Lipinski definition) is 4. The normalized spacial score (nSPS) is 14.9. The van der Waals surface area contributed by atoms with Crippen LogP contribution in [0.2, 0.25) is 0 Å². The van der Waals surface area contributed by atoms with Crippen molar-refractivity contribution in [3.05, 3.63) is 102 Å². The van der Waals surface area contributed by atoms with Crippen LogP contribution in [0.1, 0.15) is 40.6 Å². The Balaban J connectivity index is 1.39. The summed E-state index contributed by atoms with van der Waals surface area (Å²) < 4.78 is 7.54. The van der Waals surface area contributed by atoms with E-state index in [1.807, 2.05) is 71.5 Å². The minimum absolute atomic E-state index is 0.0333. The number of carbonyl (C=O) groups is 1. The summed E-state index contributed by atoms with van der Waals surface area (Å²) in [4.78, 5) is 15.8. The number of carbonyl (C=O) groups excluding carboxylic acids is 1. The van der Waals surface area contributed by atoms with Gasteiger partial charge in [-0.1, -0.05) is 60.7 Å². The van der Waals surface area contributed by atoms with E-state index in [1.54, 1.807) is 6.26 Å². The van der Waals surface area contributed by atoms with E-state index in [1.165, 1.54) is 12.8 Å². The molecule has 6 heteroatoms. The molecule has 0 bridgehead atoms. The highest BCUT2D eigenvalue weighted by atomic mass is 16.3. The second-order valence-electron chi connectivity index (χ2n) is 8.42. The number of amides is 1. The molecule has 6 nitrogen and oxygen atoms in total. The number of rotatable bonds is 8. The van der Waals surface area contributed by atoms with Gasteiger partial charge in [0.1, 0.15) is 11.5 Å². The molecule has 0 spiro atoms. The van der Waals surface area contributed by atoms with Crippen LogP contribution in [0.5, 0.6) is 0 Å². The lowest BCUT2D eigenvalue weighted by Crippen LogP contribution is -2.36. The first-order chi connectivity index (χ1) is 16.3. The third-order valence-corrected chi connectivity index (χ3v) is 6.15. The van der Waals surface area contributed by atoms with Crippen LogP contribution in [0, 0.1) is 0 Å². The minimum atomic E-state index is -0.121. The van der Waals surface area contributed by atoms with Gasteiger partial charge in [0.2, 0.25) is 0 Å². The van der Waals surface area contributed by atoms with Crippen LogP contribution < -0.4 is 5.32 Å². The summed E-state index contributed by atoms with van der Waals surface area (Å²) in [6.45, 7) is 3.14. The van der Waals surface area contributed by atoms with E-state index < -0.39 is 0 Å². The summed E-state index contributed by atoms with van der Waals surface area (Å²) in [5.74, 6) is 0.768. The zero-order chi connectivity index (χ0) is 22.5. The molecular formula is C27H28N4O2. The highest BCUT2D eigenvalue weighted by Gasteiger charge is 2.27. The number of aromatic nitrogens is 2. The molecular weight excluding hydrogens is 412 g/mol. The highest BCUT2D eigenvalue weighted by molar-refractivity contribution is 5.99. The van der Waals surface area contributed by atoms with Gasteiger partial charge in [-0.05, 0) is 43.6 Å². The highest BCUT2D eigenvalue weighted by Crippen LogP contribution is 2.26. The average molecular weight is 441 g/mol. The summed E-state index contributed by atoms with van der Waals surface area (Å²) in [6, 6.07) is 23.9. The molecule has 2 aromatic carbocycles. The minimum Gasteiger partial charge on any atom is -0.468 e. The lowest BCUT2D eigenvalue weighted by atomic mass is 10.1. The van der Waals surface area contributed by atoms with Gasteiger partial charge in [-0.15, -0.1) is 0 Å². The van der Waals surface area contributed by atoms with Crippen molar-refractivity contribution in [1.82, 2.24) is 20.0 Å². The van der Waals surface area contributed by atoms with Crippen molar-refractivity contribution in [3.8, 4) is 11.3 Å². The van der Waals surface area contributed by atoms with E-state index in [0.29, 0.717) is 24.3 Å². The van der Waals surface area contributed by atoms with Crippen molar-refractivity contribution in [1.29, 1.82) is 0 Å². The average Bonchev–Trinajstić information content (AvgIpc) is 3.63. The molecule has 1 N–H and O–H groups in total. The van der Waals surface area contributed by atoms with Crippen LogP contribution in [0.25, 0.3) is 11.3 Å². The Morgan fingerprint density at radius 1 is 0.970 bits per heavy atom. The molecule has 1 aliphatic heterocycles. The van der Waals surface area contributed by atoms with E-state index in [0.717, 1.165) is 30.0 Å². The van der Waals surface area contributed by atoms with E-state index in [2.05, 4.69) is 22.3 Å². The molecule has 1 aliphatic rings.